The lowest BCUT2D eigenvalue weighted by molar-refractivity contribution is -0.0897. The average molecular weight is 200 g/mol. The molecule has 86 valence electrons. The molecule has 0 unspecified atom stereocenters. The number of nitrogens with zero attached hydrogens (tertiary/aromatic N) is 2. The van der Waals surface area contributed by atoms with E-state index >= 15 is 0 Å². The Kier molecular flexibility index (Phi) is 5.68. The van der Waals surface area contributed by atoms with Crippen LogP contribution in [-0.4, -0.2) is 35.2 Å². The summed E-state index contributed by atoms with van der Waals surface area (Å²) in [5.74, 6) is 0.728. The lowest BCUT2D eigenvalue weighted by Gasteiger charge is -2.43. The Labute approximate surface area is 90.2 Å². The molecule has 0 aliphatic rings. The number of hydrogen-bond donors (Lipinski definition) is 0. The third-order valence-corrected chi connectivity index (χ3v) is 2.36. The first kappa shape index (κ1) is 13.9. The van der Waals surface area contributed by atoms with Crippen molar-refractivity contribution in [1.29, 1.82) is 0 Å². The molecule has 2 heteroatoms. The summed E-state index contributed by atoms with van der Waals surface area (Å²) >= 11 is 0. The summed E-state index contributed by atoms with van der Waals surface area (Å²) in [5.41, 5.74) is 0.236. The predicted octanol–water partition coefficient (Wildman–Crippen LogP) is 3.00. The Morgan fingerprint density at radius 3 is 1.71 bits per heavy atom. The van der Waals surface area contributed by atoms with Crippen molar-refractivity contribution in [2.45, 2.75) is 54.0 Å². The minimum absolute atomic E-state index is 0.236. The maximum atomic E-state index is 2.47. The molecule has 0 aromatic rings. The molecule has 0 bridgehead atoms. The van der Waals surface area contributed by atoms with Gasteiger partial charge >= 0.3 is 0 Å². The Hall–Kier alpha value is -0.0800. The van der Waals surface area contributed by atoms with Crippen molar-refractivity contribution in [3.05, 3.63) is 0 Å². The summed E-state index contributed by atoms with van der Waals surface area (Å²) in [5, 5.41) is 4.93. The van der Waals surface area contributed by atoms with Crippen LogP contribution in [0.4, 0.5) is 0 Å². The van der Waals surface area contributed by atoms with E-state index in [0.717, 1.165) is 25.6 Å². The van der Waals surface area contributed by atoms with Crippen LogP contribution in [0, 0.1) is 5.92 Å². The van der Waals surface area contributed by atoms with Crippen molar-refractivity contribution in [3.63, 3.8) is 0 Å². The summed E-state index contributed by atoms with van der Waals surface area (Å²) in [4.78, 5) is 0. The van der Waals surface area contributed by atoms with Gasteiger partial charge in [0.25, 0.3) is 0 Å². The normalized spacial score (nSPS) is 13.3. The van der Waals surface area contributed by atoms with Crippen LogP contribution < -0.4 is 0 Å². The van der Waals surface area contributed by atoms with Gasteiger partial charge in [0.2, 0.25) is 0 Å². The molecule has 0 aliphatic carbocycles. The van der Waals surface area contributed by atoms with Crippen molar-refractivity contribution < 1.29 is 0 Å². The molecular formula is C12H28N2. The maximum Gasteiger partial charge on any atom is 0.0272 e. The van der Waals surface area contributed by atoms with Gasteiger partial charge in [0.05, 0.1) is 0 Å². The molecule has 0 N–H and O–H groups in total. The zero-order valence-electron chi connectivity index (χ0n) is 11.1. The first-order valence-corrected chi connectivity index (χ1v) is 5.85. The van der Waals surface area contributed by atoms with E-state index in [2.05, 4.69) is 58.5 Å². The van der Waals surface area contributed by atoms with E-state index < -0.39 is 0 Å². The third-order valence-electron chi connectivity index (χ3n) is 2.36. The highest BCUT2D eigenvalue weighted by atomic mass is 15.6. The molecular weight excluding hydrogens is 172 g/mol. The first-order valence-electron chi connectivity index (χ1n) is 5.85. The van der Waals surface area contributed by atoms with Gasteiger partial charge in [-0.15, -0.1) is 0 Å². The molecule has 14 heavy (non-hydrogen) atoms. The van der Waals surface area contributed by atoms with Crippen LogP contribution in [0.1, 0.15) is 48.5 Å². The fraction of sp³-hybridized carbons (Fsp3) is 1.00. The Morgan fingerprint density at radius 1 is 1.00 bits per heavy atom. The van der Waals surface area contributed by atoms with E-state index in [1.807, 2.05) is 0 Å². The molecule has 0 saturated carbocycles. The van der Waals surface area contributed by atoms with Crippen molar-refractivity contribution in [3.8, 4) is 0 Å². The van der Waals surface area contributed by atoms with E-state index in [1.165, 1.54) is 0 Å². The van der Waals surface area contributed by atoms with Gasteiger partial charge in [-0.3, -0.25) is 0 Å². The fourth-order valence-electron chi connectivity index (χ4n) is 1.92. The summed E-state index contributed by atoms with van der Waals surface area (Å²) in [7, 11) is 0. The average Bonchev–Trinajstić information content (AvgIpc) is 2.00. The summed E-state index contributed by atoms with van der Waals surface area (Å²) in [6.45, 7) is 19.2. The van der Waals surface area contributed by atoms with Crippen LogP contribution in [0.3, 0.4) is 0 Å². The van der Waals surface area contributed by atoms with Crippen molar-refractivity contribution in [2.24, 2.45) is 5.92 Å². The van der Waals surface area contributed by atoms with Gasteiger partial charge in [-0.25, -0.2) is 10.0 Å². The van der Waals surface area contributed by atoms with E-state index in [1.54, 1.807) is 0 Å². The molecule has 0 heterocycles. The second kappa shape index (κ2) is 5.72. The molecule has 0 rings (SSSR count). The quantitative estimate of drug-likeness (QED) is 0.630. The van der Waals surface area contributed by atoms with Gasteiger partial charge in [0.1, 0.15) is 0 Å². The molecule has 0 spiro atoms. The number of rotatable bonds is 5. The third kappa shape index (κ3) is 4.43. The predicted molar refractivity (Wildman–Crippen MR) is 64.2 cm³/mol. The van der Waals surface area contributed by atoms with E-state index in [9.17, 15) is 0 Å². The molecule has 0 amide bonds. The summed E-state index contributed by atoms with van der Waals surface area (Å²) in [6.07, 6.45) is 0. The molecule has 0 aliphatic heterocycles. The van der Waals surface area contributed by atoms with Gasteiger partial charge in [0.15, 0.2) is 0 Å². The SMILES string of the molecule is CCN(CC(C)C)N(CC)C(C)(C)C. The highest BCUT2D eigenvalue weighted by molar-refractivity contribution is 4.74. The van der Waals surface area contributed by atoms with Crippen LogP contribution in [0.5, 0.6) is 0 Å². The van der Waals surface area contributed by atoms with Crippen LogP contribution in [0.15, 0.2) is 0 Å². The van der Waals surface area contributed by atoms with E-state index in [-0.39, 0.29) is 5.54 Å². The first-order chi connectivity index (χ1) is 6.32. The van der Waals surface area contributed by atoms with E-state index in [0.29, 0.717) is 0 Å². The fourth-order valence-corrected chi connectivity index (χ4v) is 1.92. The Balaban J connectivity index is 4.45. The molecule has 0 atom stereocenters. The van der Waals surface area contributed by atoms with Gasteiger partial charge in [0, 0.05) is 25.2 Å². The molecule has 0 aromatic heterocycles. The van der Waals surface area contributed by atoms with Crippen LogP contribution in [0.2, 0.25) is 0 Å². The van der Waals surface area contributed by atoms with Gasteiger partial charge in [-0.1, -0.05) is 27.7 Å². The smallest absolute Gasteiger partial charge is 0.0272 e. The monoisotopic (exact) mass is 200 g/mol. The second-order valence-electron chi connectivity index (χ2n) is 5.29. The molecule has 0 saturated heterocycles. The minimum atomic E-state index is 0.236. The van der Waals surface area contributed by atoms with Gasteiger partial charge < -0.3 is 0 Å². The molecule has 0 radical (unpaired) electrons. The Bertz CT molecular complexity index is 147. The van der Waals surface area contributed by atoms with Crippen molar-refractivity contribution in [1.82, 2.24) is 10.0 Å². The van der Waals surface area contributed by atoms with Crippen LogP contribution in [-0.2, 0) is 0 Å². The summed E-state index contributed by atoms with van der Waals surface area (Å²) in [6, 6.07) is 0. The zero-order valence-corrected chi connectivity index (χ0v) is 11.1. The lowest BCUT2D eigenvalue weighted by atomic mass is 10.1. The maximum absolute atomic E-state index is 2.47. The summed E-state index contributed by atoms with van der Waals surface area (Å²) < 4.78 is 0. The molecule has 0 fully saturated rings. The lowest BCUT2D eigenvalue weighted by Crippen LogP contribution is -2.53. The highest BCUT2D eigenvalue weighted by Crippen LogP contribution is 2.16. The second-order valence-corrected chi connectivity index (χ2v) is 5.29. The van der Waals surface area contributed by atoms with Crippen LogP contribution in [0.25, 0.3) is 0 Å². The minimum Gasteiger partial charge on any atom is -0.241 e. The zero-order chi connectivity index (χ0) is 11.4. The van der Waals surface area contributed by atoms with Crippen molar-refractivity contribution in [2.75, 3.05) is 19.6 Å². The van der Waals surface area contributed by atoms with Crippen molar-refractivity contribution >= 4 is 0 Å². The molecule has 0 aromatic carbocycles. The largest absolute Gasteiger partial charge is 0.241 e. The number of hydrogen-bond acceptors (Lipinski definition) is 2. The van der Waals surface area contributed by atoms with Crippen LogP contribution >= 0.6 is 0 Å². The topological polar surface area (TPSA) is 6.48 Å². The van der Waals surface area contributed by atoms with E-state index in [4.69, 9.17) is 0 Å². The van der Waals surface area contributed by atoms with Gasteiger partial charge in [-0.2, -0.15) is 0 Å². The highest BCUT2D eigenvalue weighted by Gasteiger charge is 2.24. The number of hydrazine groups is 1. The Morgan fingerprint density at radius 2 is 1.50 bits per heavy atom. The molecule has 2 nitrogen and oxygen atoms in total. The van der Waals surface area contributed by atoms with Gasteiger partial charge in [-0.05, 0) is 26.7 Å². The standard InChI is InChI=1S/C12H28N2/c1-8-13(10-11(3)4)14(9-2)12(5,6)7/h11H,8-10H2,1-7H3.